The predicted molar refractivity (Wildman–Crippen MR) is 127 cm³/mol. The van der Waals surface area contributed by atoms with Crippen LogP contribution in [0, 0.1) is 18.6 Å². The molecule has 2 aliphatic heterocycles. The third kappa shape index (κ3) is 5.02. The maximum atomic E-state index is 13.9. The average Bonchev–Trinajstić information content (AvgIpc) is 2.81. The van der Waals surface area contributed by atoms with Crippen LogP contribution in [0.3, 0.4) is 0 Å². The molecule has 2 aromatic rings. The lowest BCUT2D eigenvalue weighted by Gasteiger charge is -2.32. The number of anilines is 2. The Hall–Kier alpha value is -3.52. The molecule has 0 spiro atoms. The number of allylic oxidation sites excluding steroid dienone is 4. The van der Waals surface area contributed by atoms with E-state index in [1.807, 2.05) is 48.1 Å². The van der Waals surface area contributed by atoms with Gasteiger partial charge in [0.05, 0.1) is 24.3 Å². The van der Waals surface area contributed by atoms with E-state index in [0.717, 1.165) is 29.2 Å². The van der Waals surface area contributed by atoms with Crippen LogP contribution in [0.4, 0.5) is 20.3 Å². The summed E-state index contributed by atoms with van der Waals surface area (Å²) in [6.07, 6.45) is 10.0. The Morgan fingerprint density at radius 2 is 1.97 bits per heavy atom. The van der Waals surface area contributed by atoms with Gasteiger partial charge in [0.25, 0.3) is 0 Å². The van der Waals surface area contributed by atoms with Gasteiger partial charge in [-0.1, -0.05) is 17.7 Å². The Labute approximate surface area is 201 Å². The zero-order chi connectivity index (χ0) is 24.4. The standard InChI is InChI=1S/C25H23ClF2N4O2/c1-15-10-30-25(31-6-4-5-18(12-31)17(3)33)9-23(15)32-13-20(26)24(7-16(32)2)34-14-22-21(28)8-19(27)11-29-22/h4-11H,12-14H2,1-3H3. The predicted octanol–water partition coefficient (Wildman–Crippen LogP) is 5.30. The first-order chi connectivity index (χ1) is 16.2. The minimum atomic E-state index is -0.774. The molecular formula is C25H23ClF2N4O2. The molecule has 0 saturated carbocycles. The molecule has 0 unspecified atom stereocenters. The first-order valence-corrected chi connectivity index (χ1v) is 11.0. The van der Waals surface area contributed by atoms with Crippen LogP contribution in [0.15, 0.2) is 71.0 Å². The summed E-state index contributed by atoms with van der Waals surface area (Å²) in [4.78, 5) is 24.0. The molecule has 0 fully saturated rings. The summed E-state index contributed by atoms with van der Waals surface area (Å²) in [5.41, 5.74) is 3.43. The van der Waals surface area contributed by atoms with E-state index >= 15 is 0 Å². The van der Waals surface area contributed by atoms with Gasteiger partial charge in [-0.2, -0.15) is 0 Å². The van der Waals surface area contributed by atoms with Gasteiger partial charge in [0, 0.05) is 47.6 Å². The summed E-state index contributed by atoms with van der Waals surface area (Å²) in [7, 11) is 0. The summed E-state index contributed by atoms with van der Waals surface area (Å²) in [6, 6.07) is 2.72. The second-order valence-corrected chi connectivity index (χ2v) is 8.51. The molecular weight excluding hydrogens is 462 g/mol. The van der Waals surface area contributed by atoms with Crippen LogP contribution in [0.25, 0.3) is 0 Å². The summed E-state index contributed by atoms with van der Waals surface area (Å²) in [5.74, 6) is -0.385. The molecule has 176 valence electrons. The molecule has 34 heavy (non-hydrogen) atoms. The Balaban J connectivity index is 1.52. The van der Waals surface area contributed by atoms with Crippen LogP contribution in [0.2, 0.25) is 0 Å². The molecule has 0 atom stereocenters. The molecule has 6 nitrogen and oxygen atoms in total. The highest BCUT2D eigenvalue weighted by molar-refractivity contribution is 6.30. The second-order valence-electron chi connectivity index (χ2n) is 8.06. The van der Waals surface area contributed by atoms with Crippen molar-refractivity contribution in [2.75, 3.05) is 22.9 Å². The molecule has 0 N–H and O–H groups in total. The first-order valence-electron chi connectivity index (χ1n) is 10.6. The van der Waals surface area contributed by atoms with Crippen molar-refractivity contribution in [2.24, 2.45) is 0 Å². The number of Topliss-reactive ketones (excluding diaryl/α,β-unsaturated/α-hetero) is 1. The number of carbonyl (C=O) groups excluding carboxylic acids is 1. The molecule has 9 heteroatoms. The van der Waals surface area contributed by atoms with Crippen molar-refractivity contribution in [2.45, 2.75) is 27.4 Å². The monoisotopic (exact) mass is 484 g/mol. The van der Waals surface area contributed by atoms with Crippen molar-refractivity contribution in [3.63, 3.8) is 0 Å². The van der Waals surface area contributed by atoms with Gasteiger partial charge < -0.3 is 14.5 Å². The molecule has 0 bridgehead atoms. The molecule has 0 amide bonds. The zero-order valence-electron chi connectivity index (χ0n) is 19.0. The fourth-order valence-electron chi connectivity index (χ4n) is 3.67. The maximum Gasteiger partial charge on any atom is 0.157 e. The van der Waals surface area contributed by atoms with Gasteiger partial charge >= 0.3 is 0 Å². The number of hydrogen-bond donors (Lipinski definition) is 0. The van der Waals surface area contributed by atoms with Crippen LogP contribution in [-0.4, -0.2) is 28.8 Å². The van der Waals surface area contributed by atoms with Crippen LogP contribution >= 0.6 is 11.6 Å². The number of halogens is 3. The van der Waals surface area contributed by atoms with Crippen LogP contribution < -0.4 is 9.80 Å². The van der Waals surface area contributed by atoms with E-state index in [4.69, 9.17) is 16.3 Å². The SMILES string of the molecule is CC(=O)C1=CC=CN(c2cc(N3CC(Cl)=C(OCc4ncc(F)cc4F)C=C3C)c(C)cn2)C1. The number of aromatic nitrogens is 2. The number of nitrogens with zero attached hydrogens (tertiary/aromatic N) is 4. The van der Waals surface area contributed by atoms with Gasteiger partial charge in [0.15, 0.2) is 11.6 Å². The normalized spacial score (nSPS) is 15.9. The van der Waals surface area contributed by atoms with Gasteiger partial charge in [-0.15, -0.1) is 0 Å². The first kappa shape index (κ1) is 23.6. The molecule has 2 aliphatic rings. The van der Waals surface area contributed by atoms with Gasteiger partial charge in [-0.05, 0) is 32.4 Å². The molecule has 2 aromatic heterocycles. The largest absolute Gasteiger partial charge is 0.486 e. The number of ketones is 1. The van der Waals surface area contributed by atoms with Gasteiger partial charge in [-0.25, -0.2) is 13.8 Å². The summed E-state index contributed by atoms with van der Waals surface area (Å²) in [6.45, 7) is 6.04. The van der Waals surface area contributed by atoms with E-state index in [1.54, 1.807) is 19.2 Å². The Bertz CT molecular complexity index is 1270. The molecule has 0 saturated heterocycles. The smallest absolute Gasteiger partial charge is 0.157 e. The molecule has 0 aromatic carbocycles. The van der Waals surface area contributed by atoms with E-state index in [0.29, 0.717) is 35.3 Å². The van der Waals surface area contributed by atoms with Crippen molar-refractivity contribution < 1.29 is 18.3 Å². The van der Waals surface area contributed by atoms with Crippen molar-refractivity contribution in [1.82, 2.24) is 9.97 Å². The highest BCUT2D eigenvalue weighted by Gasteiger charge is 2.23. The third-order valence-corrected chi connectivity index (χ3v) is 5.89. The zero-order valence-corrected chi connectivity index (χ0v) is 19.7. The highest BCUT2D eigenvalue weighted by atomic mass is 35.5. The van der Waals surface area contributed by atoms with Crippen LogP contribution in [0.1, 0.15) is 25.1 Å². The van der Waals surface area contributed by atoms with Crippen LogP contribution in [-0.2, 0) is 16.1 Å². The number of hydrogen-bond acceptors (Lipinski definition) is 6. The lowest BCUT2D eigenvalue weighted by molar-refractivity contribution is -0.113. The van der Waals surface area contributed by atoms with E-state index in [1.165, 1.54) is 0 Å². The topological polar surface area (TPSA) is 58.6 Å². The van der Waals surface area contributed by atoms with E-state index in [2.05, 4.69) is 9.97 Å². The van der Waals surface area contributed by atoms with Crippen molar-refractivity contribution in [3.8, 4) is 0 Å². The Morgan fingerprint density at radius 3 is 2.71 bits per heavy atom. The number of ether oxygens (including phenoxy) is 1. The molecule has 4 rings (SSSR count). The van der Waals surface area contributed by atoms with Gasteiger partial charge in [0.1, 0.15) is 29.7 Å². The molecule has 0 radical (unpaired) electrons. The summed E-state index contributed by atoms with van der Waals surface area (Å²) >= 11 is 6.53. The number of pyridine rings is 2. The number of aryl methyl sites for hydroxylation is 1. The number of rotatable bonds is 6. The average molecular weight is 485 g/mol. The summed E-state index contributed by atoms with van der Waals surface area (Å²) < 4.78 is 32.6. The Kier molecular flexibility index (Phi) is 6.79. The van der Waals surface area contributed by atoms with Gasteiger partial charge in [-0.3, -0.25) is 9.78 Å². The van der Waals surface area contributed by atoms with Crippen LogP contribution in [0.5, 0.6) is 0 Å². The molecule has 4 heterocycles. The second kappa shape index (κ2) is 9.77. The number of carbonyl (C=O) groups is 1. The third-order valence-electron chi connectivity index (χ3n) is 5.58. The van der Waals surface area contributed by atoms with Crippen molar-refractivity contribution in [1.29, 1.82) is 0 Å². The molecule has 0 aliphatic carbocycles. The van der Waals surface area contributed by atoms with Crippen molar-refractivity contribution in [3.05, 3.63) is 93.9 Å². The van der Waals surface area contributed by atoms with E-state index in [-0.39, 0.29) is 18.1 Å². The lowest BCUT2D eigenvalue weighted by Crippen LogP contribution is -2.29. The minimum Gasteiger partial charge on any atom is -0.486 e. The van der Waals surface area contributed by atoms with Gasteiger partial charge in [0.2, 0.25) is 0 Å². The van der Waals surface area contributed by atoms with E-state index in [9.17, 15) is 13.6 Å². The van der Waals surface area contributed by atoms with E-state index < -0.39 is 11.6 Å². The fourth-order valence-corrected chi connectivity index (χ4v) is 3.89. The fraction of sp³-hybridized carbons (Fsp3) is 0.240. The van der Waals surface area contributed by atoms with Crippen molar-refractivity contribution >= 4 is 28.9 Å². The highest BCUT2D eigenvalue weighted by Crippen LogP contribution is 2.33. The summed E-state index contributed by atoms with van der Waals surface area (Å²) in [5, 5.41) is 0.436. The minimum absolute atomic E-state index is 0.00460. The Morgan fingerprint density at radius 1 is 1.18 bits per heavy atom. The lowest BCUT2D eigenvalue weighted by atomic mass is 10.1. The quantitative estimate of drug-likeness (QED) is 0.554. The maximum absolute atomic E-state index is 13.9.